The summed E-state index contributed by atoms with van der Waals surface area (Å²) >= 11 is 0. The highest BCUT2D eigenvalue weighted by atomic mass is 16.1. The van der Waals surface area contributed by atoms with Gasteiger partial charge in [0.05, 0.1) is 0 Å². The quantitative estimate of drug-likeness (QED) is 0.625. The number of allylic oxidation sites excluding steroid dienone is 1. The first-order chi connectivity index (χ1) is 5.59. The molecule has 0 bridgehead atoms. The van der Waals surface area contributed by atoms with E-state index in [2.05, 4.69) is 12.2 Å². The van der Waals surface area contributed by atoms with Crippen LogP contribution in [0.2, 0.25) is 0 Å². The van der Waals surface area contributed by atoms with Crippen molar-refractivity contribution in [2.75, 3.05) is 13.6 Å². The maximum Gasteiger partial charge on any atom is 0.244 e. The molecular weight excluding hydrogens is 152 g/mol. The zero-order valence-corrected chi connectivity index (χ0v) is 8.48. The zero-order chi connectivity index (χ0) is 9.98. The van der Waals surface area contributed by atoms with Gasteiger partial charge in [0, 0.05) is 5.57 Å². The Morgan fingerprint density at radius 2 is 1.92 bits per heavy atom. The van der Waals surface area contributed by atoms with Crippen LogP contribution < -0.4 is 11.1 Å². The van der Waals surface area contributed by atoms with Crippen LogP contribution in [0, 0.1) is 0 Å². The van der Waals surface area contributed by atoms with Gasteiger partial charge >= 0.3 is 0 Å². The van der Waals surface area contributed by atoms with Gasteiger partial charge in [-0.1, -0.05) is 19.9 Å². The molecule has 12 heavy (non-hydrogen) atoms. The highest BCUT2D eigenvalue weighted by Gasteiger charge is 1.91. The Kier molecular flexibility index (Phi) is 11.6. The molecule has 0 fully saturated rings. The molecule has 0 aliphatic carbocycles. The number of hydrogen-bond acceptors (Lipinski definition) is 2. The molecule has 3 nitrogen and oxygen atoms in total. The topological polar surface area (TPSA) is 55.1 Å². The van der Waals surface area contributed by atoms with E-state index >= 15 is 0 Å². The molecule has 0 radical (unpaired) electrons. The van der Waals surface area contributed by atoms with E-state index in [0.717, 1.165) is 13.0 Å². The van der Waals surface area contributed by atoms with Gasteiger partial charge in [0.1, 0.15) is 0 Å². The highest BCUT2D eigenvalue weighted by molar-refractivity contribution is 5.91. The van der Waals surface area contributed by atoms with Crippen LogP contribution in [0.15, 0.2) is 11.6 Å². The molecule has 0 heterocycles. The SMILES string of the molecule is CCC=C(C)C(N)=O.CCNC. The second kappa shape index (κ2) is 10.2. The van der Waals surface area contributed by atoms with Crippen LogP contribution in [0.5, 0.6) is 0 Å². The summed E-state index contributed by atoms with van der Waals surface area (Å²) in [7, 11) is 1.93. The average Bonchev–Trinajstić information content (AvgIpc) is 2.05. The molecule has 1 amide bonds. The van der Waals surface area contributed by atoms with Crippen molar-refractivity contribution < 1.29 is 4.79 Å². The molecule has 0 atom stereocenters. The first kappa shape index (κ1) is 13.7. The van der Waals surface area contributed by atoms with E-state index < -0.39 is 0 Å². The number of nitrogens with two attached hydrogens (primary N) is 1. The molecule has 0 saturated carbocycles. The fraction of sp³-hybridized carbons (Fsp3) is 0.667. The van der Waals surface area contributed by atoms with Gasteiger partial charge in [0.2, 0.25) is 5.91 Å². The molecule has 0 aromatic carbocycles. The van der Waals surface area contributed by atoms with Crippen molar-refractivity contribution in [2.45, 2.75) is 27.2 Å². The molecule has 0 aliphatic heterocycles. The Bertz CT molecular complexity index is 139. The zero-order valence-electron chi connectivity index (χ0n) is 8.48. The van der Waals surface area contributed by atoms with Crippen molar-refractivity contribution >= 4 is 5.91 Å². The van der Waals surface area contributed by atoms with Gasteiger partial charge in [-0.2, -0.15) is 0 Å². The number of amides is 1. The molecule has 0 rings (SSSR count). The van der Waals surface area contributed by atoms with E-state index in [0.29, 0.717) is 5.57 Å². The lowest BCUT2D eigenvalue weighted by atomic mass is 10.2. The van der Waals surface area contributed by atoms with Crippen LogP contribution in [0.3, 0.4) is 0 Å². The third-order valence-corrected chi connectivity index (χ3v) is 1.25. The third-order valence-electron chi connectivity index (χ3n) is 1.25. The molecule has 3 heteroatoms. The van der Waals surface area contributed by atoms with Gasteiger partial charge in [-0.05, 0) is 26.9 Å². The van der Waals surface area contributed by atoms with Crippen molar-refractivity contribution in [1.29, 1.82) is 0 Å². The van der Waals surface area contributed by atoms with Crippen LogP contribution in [-0.2, 0) is 4.79 Å². The maximum atomic E-state index is 10.2. The summed E-state index contributed by atoms with van der Waals surface area (Å²) in [4.78, 5) is 10.2. The highest BCUT2D eigenvalue weighted by Crippen LogP contribution is 1.91. The van der Waals surface area contributed by atoms with E-state index in [1.807, 2.05) is 20.0 Å². The molecule has 0 saturated heterocycles. The molecule has 0 aromatic heterocycles. The monoisotopic (exact) mass is 172 g/mol. The van der Waals surface area contributed by atoms with E-state index in [4.69, 9.17) is 5.73 Å². The van der Waals surface area contributed by atoms with Crippen molar-refractivity contribution in [2.24, 2.45) is 5.73 Å². The Balaban J connectivity index is 0. The first-order valence-electron chi connectivity index (χ1n) is 4.21. The molecule has 0 unspecified atom stereocenters. The van der Waals surface area contributed by atoms with Gasteiger partial charge in [0.25, 0.3) is 0 Å². The second-order valence-corrected chi connectivity index (χ2v) is 2.37. The third kappa shape index (κ3) is 11.9. The molecule has 72 valence electrons. The van der Waals surface area contributed by atoms with Crippen LogP contribution in [0.1, 0.15) is 27.2 Å². The molecule has 0 aliphatic rings. The first-order valence-corrected chi connectivity index (χ1v) is 4.21. The van der Waals surface area contributed by atoms with E-state index in [9.17, 15) is 4.79 Å². The van der Waals surface area contributed by atoms with Crippen LogP contribution in [0.25, 0.3) is 0 Å². The van der Waals surface area contributed by atoms with Crippen molar-refractivity contribution in [3.05, 3.63) is 11.6 Å². The summed E-state index contributed by atoms with van der Waals surface area (Å²) in [6.45, 7) is 6.82. The van der Waals surface area contributed by atoms with Crippen LogP contribution >= 0.6 is 0 Å². The smallest absolute Gasteiger partial charge is 0.244 e. The Hall–Kier alpha value is -0.830. The fourth-order valence-corrected chi connectivity index (χ4v) is 0.407. The number of primary amides is 1. The maximum absolute atomic E-state index is 10.2. The minimum atomic E-state index is -0.327. The van der Waals surface area contributed by atoms with Gasteiger partial charge in [0.15, 0.2) is 0 Å². The Morgan fingerprint density at radius 3 is 2.00 bits per heavy atom. The molecule has 0 aromatic rings. The number of rotatable bonds is 3. The van der Waals surface area contributed by atoms with E-state index in [1.54, 1.807) is 6.92 Å². The largest absolute Gasteiger partial charge is 0.366 e. The van der Waals surface area contributed by atoms with Crippen molar-refractivity contribution in [3.8, 4) is 0 Å². The minimum absolute atomic E-state index is 0.327. The lowest BCUT2D eigenvalue weighted by Gasteiger charge is -1.88. The normalized spacial score (nSPS) is 10.2. The average molecular weight is 172 g/mol. The molecule has 3 N–H and O–H groups in total. The summed E-state index contributed by atoms with van der Waals surface area (Å²) < 4.78 is 0. The second-order valence-electron chi connectivity index (χ2n) is 2.37. The standard InChI is InChI=1S/C6H11NO.C3H9N/c1-3-4-5(2)6(7)8;1-3-4-2/h4H,3H2,1-2H3,(H2,7,8);4H,3H2,1-2H3. The molecular formula is C9H20N2O. The molecule has 0 spiro atoms. The minimum Gasteiger partial charge on any atom is -0.366 e. The number of carbonyl (C=O) groups excluding carboxylic acids is 1. The Morgan fingerprint density at radius 1 is 1.50 bits per heavy atom. The summed E-state index contributed by atoms with van der Waals surface area (Å²) in [5, 5.41) is 2.93. The van der Waals surface area contributed by atoms with E-state index in [1.165, 1.54) is 0 Å². The summed E-state index contributed by atoms with van der Waals surface area (Å²) in [6.07, 6.45) is 2.68. The van der Waals surface area contributed by atoms with E-state index in [-0.39, 0.29) is 5.91 Å². The summed E-state index contributed by atoms with van der Waals surface area (Å²) in [5.74, 6) is -0.327. The summed E-state index contributed by atoms with van der Waals surface area (Å²) in [5.41, 5.74) is 5.56. The number of nitrogens with one attached hydrogen (secondary N) is 1. The lowest BCUT2D eigenvalue weighted by molar-refractivity contribution is -0.114. The van der Waals surface area contributed by atoms with Gasteiger partial charge < -0.3 is 11.1 Å². The van der Waals surface area contributed by atoms with Gasteiger partial charge in [-0.25, -0.2) is 0 Å². The van der Waals surface area contributed by atoms with Gasteiger partial charge in [-0.15, -0.1) is 0 Å². The predicted molar refractivity (Wildman–Crippen MR) is 52.8 cm³/mol. The number of hydrogen-bond donors (Lipinski definition) is 2. The van der Waals surface area contributed by atoms with Crippen molar-refractivity contribution in [1.82, 2.24) is 5.32 Å². The van der Waals surface area contributed by atoms with Crippen LogP contribution in [0.4, 0.5) is 0 Å². The number of carbonyl (C=O) groups is 1. The predicted octanol–water partition coefficient (Wildman–Crippen LogP) is 1.05. The summed E-state index contributed by atoms with van der Waals surface area (Å²) in [6, 6.07) is 0. The van der Waals surface area contributed by atoms with Crippen LogP contribution in [-0.4, -0.2) is 19.5 Å². The fourth-order valence-electron chi connectivity index (χ4n) is 0.407. The Labute approximate surface area is 75.0 Å². The van der Waals surface area contributed by atoms with Crippen molar-refractivity contribution in [3.63, 3.8) is 0 Å². The lowest BCUT2D eigenvalue weighted by Crippen LogP contribution is -2.11. The van der Waals surface area contributed by atoms with Gasteiger partial charge in [-0.3, -0.25) is 4.79 Å².